The molecule has 25 aromatic rings. The minimum atomic E-state index is -0.211. The van der Waals surface area contributed by atoms with Gasteiger partial charge in [-0.15, -0.1) is 0 Å². The van der Waals surface area contributed by atoms with Gasteiger partial charge in [0, 0.05) is 34.7 Å². The van der Waals surface area contributed by atoms with Gasteiger partial charge in [0.25, 0.3) is 0 Å². The van der Waals surface area contributed by atoms with E-state index in [1.807, 2.05) is 0 Å². The Morgan fingerprint density at radius 3 is 0.908 bits per heavy atom. The lowest BCUT2D eigenvalue weighted by Gasteiger charge is -2.35. The highest BCUT2D eigenvalue weighted by molar-refractivity contribution is 6.25. The second-order valence-corrected chi connectivity index (χ2v) is 40.0. The van der Waals surface area contributed by atoms with Crippen LogP contribution in [0.4, 0.5) is 0 Å². The monoisotopic (exact) mass is 1820 g/mol. The summed E-state index contributed by atoms with van der Waals surface area (Å²) in [6.45, 7) is 18.6. The largest absolute Gasteiger partial charge is 0.296 e. The third kappa shape index (κ3) is 13.5. The lowest BCUT2D eigenvalue weighted by molar-refractivity contribution is 0.625. The average molecular weight is 1820 g/mol. The van der Waals surface area contributed by atoms with Gasteiger partial charge in [-0.3, -0.25) is 13.7 Å². The van der Waals surface area contributed by atoms with Crippen LogP contribution in [0.2, 0.25) is 0 Å². The van der Waals surface area contributed by atoms with Gasteiger partial charge in [0.05, 0.1) is 50.2 Å². The number of hydrogen-bond acceptors (Lipinski definition) is 3. The molecule has 0 amide bonds. The number of nitrogens with zero attached hydrogens (tertiary/aromatic N) is 6. The van der Waals surface area contributed by atoms with E-state index in [0.717, 1.165) is 52.4 Å². The maximum Gasteiger partial charge on any atom is 0.145 e. The first-order valence-electron chi connectivity index (χ1n) is 50.0. The van der Waals surface area contributed by atoms with Gasteiger partial charge in [0.2, 0.25) is 0 Å². The van der Waals surface area contributed by atoms with Gasteiger partial charge in [-0.1, -0.05) is 444 Å². The molecule has 0 radical (unpaired) electrons. The van der Waals surface area contributed by atoms with Gasteiger partial charge in [0.1, 0.15) is 17.5 Å². The molecule has 0 bridgehead atoms. The van der Waals surface area contributed by atoms with Crippen molar-refractivity contribution in [3.63, 3.8) is 0 Å². The van der Waals surface area contributed by atoms with Crippen LogP contribution in [-0.4, -0.2) is 28.7 Å². The Labute approximate surface area is 827 Å². The summed E-state index contributed by atoms with van der Waals surface area (Å²) in [5.41, 5.74) is 41.5. The second kappa shape index (κ2) is 33.6. The molecule has 0 fully saturated rings. The molecule has 0 spiro atoms. The first-order valence-corrected chi connectivity index (χ1v) is 50.0. The maximum absolute atomic E-state index is 5.39. The summed E-state index contributed by atoms with van der Waals surface area (Å²) in [6, 6.07) is 164. The van der Waals surface area contributed by atoms with Crippen LogP contribution >= 0.6 is 0 Å². The molecule has 6 nitrogen and oxygen atoms in total. The van der Waals surface area contributed by atoms with Gasteiger partial charge in [0.15, 0.2) is 0 Å². The summed E-state index contributed by atoms with van der Waals surface area (Å²) in [5, 5.41) is 15.2. The summed E-state index contributed by atoms with van der Waals surface area (Å²) in [5.74, 6) is 3.21. The Hall–Kier alpha value is -17.2. The standard InChI is InChI=1S/C48H34N2.2C44H34N2/c1-48(2)40-24-14-15-25-43(40)50-46-41(48)29-35(30-42(46)49-47(50)33-20-10-5-11-21-33)34-26-27-38-39(28-34)45(32-18-8-4-9-19-32)37-23-13-12-22-36(37)44(38)31-16-6-3-7-17-31;1-4-40-45-38-27-31(26-37-43(38)46(40)39-21-13-12-20-36(39)44(37,2)3)42-34-18-10-8-16-32(34)41(33-17-9-11-19-35(33)42)30-24-22-29(23-25-30)28-14-6-5-7-15-28;1-4-40-45-38-20-12-19-36-43(38)46(40)39-26-25-31(27-37(39)44(36,2)3)42-34-17-10-8-15-32(34)41(33-16-9-11-18-35(33)42)30-23-21-29(22-24-30)28-13-6-5-7-14-28/h3-30H,1-2H3;2*5-27H,4H2,1-3H3. The smallest absolute Gasteiger partial charge is 0.145 e. The molecule has 6 heteroatoms. The van der Waals surface area contributed by atoms with Crippen molar-refractivity contribution in [2.75, 3.05) is 0 Å². The van der Waals surface area contributed by atoms with Crippen LogP contribution < -0.4 is 0 Å². The van der Waals surface area contributed by atoms with Crippen LogP contribution in [0.15, 0.2) is 449 Å². The molecule has 28 rings (SSSR count). The Bertz CT molecular complexity index is 9290. The molecule has 142 heavy (non-hydrogen) atoms. The molecule has 0 saturated heterocycles. The summed E-state index contributed by atoms with van der Waals surface area (Å²) < 4.78 is 7.21. The van der Waals surface area contributed by atoms with Crippen LogP contribution in [0.1, 0.15) is 100 Å². The van der Waals surface area contributed by atoms with Crippen LogP contribution in [0.25, 0.3) is 226 Å². The van der Waals surface area contributed by atoms with E-state index < -0.39 is 0 Å². The van der Waals surface area contributed by atoms with Gasteiger partial charge in [-0.25, -0.2) is 15.0 Å². The lowest BCUT2D eigenvalue weighted by Crippen LogP contribution is -2.27. The molecule has 0 unspecified atom stereocenters. The zero-order valence-corrected chi connectivity index (χ0v) is 80.8. The summed E-state index contributed by atoms with van der Waals surface area (Å²) in [6.07, 6.45) is 1.76. The number of imidazole rings is 3. The van der Waals surface area contributed by atoms with Crippen LogP contribution in [0.3, 0.4) is 0 Å². The molecule has 3 aliphatic rings. The van der Waals surface area contributed by atoms with Gasteiger partial charge >= 0.3 is 0 Å². The molecular weight excluding hydrogens is 1720 g/mol. The molecular formula is C136H102N6. The van der Waals surface area contributed by atoms with Crippen molar-refractivity contribution >= 4 is 97.7 Å². The quantitative estimate of drug-likeness (QED) is 0.115. The number of para-hydroxylation sites is 3. The van der Waals surface area contributed by atoms with E-state index in [0.29, 0.717) is 0 Å². The number of rotatable bonds is 12. The Balaban J connectivity index is 0.000000109. The number of aryl methyl sites for hydroxylation is 2. The molecule has 0 atom stereocenters. The maximum atomic E-state index is 5.39. The van der Waals surface area contributed by atoms with Crippen molar-refractivity contribution in [3.05, 3.63) is 494 Å². The van der Waals surface area contributed by atoms with E-state index in [-0.39, 0.29) is 16.2 Å². The van der Waals surface area contributed by atoms with Crippen LogP contribution in [0.5, 0.6) is 0 Å². The summed E-state index contributed by atoms with van der Waals surface area (Å²) in [7, 11) is 0. The van der Waals surface area contributed by atoms with E-state index in [2.05, 4.69) is 518 Å². The first-order chi connectivity index (χ1) is 69.7. The van der Waals surface area contributed by atoms with Gasteiger partial charge < -0.3 is 0 Å². The highest BCUT2D eigenvalue weighted by Gasteiger charge is 2.41. The zero-order chi connectivity index (χ0) is 95.4. The van der Waals surface area contributed by atoms with Crippen molar-refractivity contribution in [3.8, 4) is 129 Å². The van der Waals surface area contributed by atoms with Crippen molar-refractivity contribution in [2.24, 2.45) is 0 Å². The highest BCUT2D eigenvalue weighted by Crippen LogP contribution is 2.56. The molecule has 0 saturated carbocycles. The van der Waals surface area contributed by atoms with Gasteiger partial charge in [-0.05, 0) is 259 Å². The van der Waals surface area contributed by atoms with Gasteiger partial charge in [-0.2, -0.15) is 0 Å². The van der Waals surface area contributed by atoms with E-state index in [1.54, 1.807) is 0 Å². The predicted octanol–water partition coefficient (Wildman–Crippen LogP) is 35.7. The van der Waals surface area contributed by atoms with Crippen molar-refractivity contribution in [1.29, 1.82) is 0 Å². The fourth-order valence-electron chi connectivity index (χ4n) is 24.2. The van der Waals surface area contributed by atoms with E-state index in [1.165, 1.54) is 232 Å². The van der Waals surface area contributed by atoms with E-state index >= 15 is 0 Å². The second-order valence-electron chi connectivity index (χ2n) is 40.0. The highest BCUT2D eigenvalue weighted by atomic mass is 15.1. The Morgan fingerprint density at radius 2 is 0.458 bits per heavy atom. The molecule has 3 aliphatic heterocycles. The average Bonchev–Trinajstić information content (AvgIpc) is 1.58. The van der Waals surface area contributed by atoms with Crippen molar-refractivity contribution in [2.45, 2.75) is 84.5 Å². The van der Waals surface area contributed by atoms with Crippen molar-refractivity contribution in [1.82, 2.24) is 28.7 Å². The fourth-order valence-corrected chi connectivity index (χ4v) is 24.2. The van der Waals surface area contributed by atoms with E-state index in [4.69, 9.17) is 15.0 Å². The Morgan fingerprint density at radius 1 is 0.176 bits per heavy atom. The van der Waals surface area contributed by atoms with Crippen LogP contribution in [-0.2, 0) is 29.1 Å². The third-order valence-electron chi connectivity index (χ3n) is 31.0. The lowest BCUT2D eigenvalue weighted by atomic mass is 9.73. The van der Waals surface area contributed by atoms with Crippen LogP contribution in [0, 0.1) is 0 Å². The fraction of sp³-hybridized carbons (Fsp3) is 0.0956. The topological polar surface area (TPSA) is 53.5 Å². The first kappa shape index (κ1) is 85.2. The minimum Gasteiger partial charge on any atom is -0.296 e. The van der Waals surface area contributed by atoms with Crippen molar-refractivity contribution < 1.29 is 0 Å². The number of hydrogen-bond donors (Lipinski definition) is 0. The molecule has 3 aromatic heterocycles. The Kier molecular flexibility index (Phi) is 20.2. The molecule has 22 aromatic carbocycles. The summed E-state index contributed by atoms with van der Waals surface area (Å²) >= 11 is 0. The number of aromatic nitrogens is 6. The normalized spacial score (nSPS) is 13.3. The summed E-state index contributed by atoms with van der Waals surface area (Å²) in [4.78, 5) is 15.7. The molecule has 0 aliphatic carbocycles. The number of benzene rings is 22. The zero-order valence-electron chi connectivity index (χ0n) is 80.8. The molecule has 0 N–H and O–H groups in total. The third-order valence-corrected chi connectivity index (χ3v) is 31.0. The molecule has 6 heterocycles. The number of fused-ring (bicyclic) bond motifs is 12. The molecule has 676 valence electrons. The SMILES string of the molecule is CC1(C)c2ccccc2-n2c(-c3ccccc3)nc3cc(-c4ccc5c(-c6ccccc6)c6ccccc6c(-c6ccccc6)c5c4)cc1c32.CCc1nc2cc(-c3c4ccccc4c(-c4ccc(-c5ccccc5)cc4)c4ccccc34)cc3c2n1-c1ccccc1C3(C)C.CCc1nc2cccc3c2n1-c1ccc(-c2c4ccccc4c(-c4ccc(-c5ccccc5)cc4)c4ccccc24)cc1C3(C)C. The van der Waals surface area contributed by atoms with E-state index in [9.17, 15) is 0 Å². The predicted molar refractivity (Wildman–Crippen MR) is 598 cm³/mol. The minimum absolute atomic E-state index is 0.169.